The van der Waals surface area contributed by atoms with Crippen LogP contribution in [0.15, 0.2) is 0 Å². The van der Waals surface area contributed by atoms with Gasteiger partial charge in [0, 0.05) is 0 Å². The van der Waals surface area contributed by atoms with Gasteiger partial charge >= 0.3 is 67.2 Å². The van der Waals surface area contributed by atoms with Gasteiger partial charge < -0.3 is 0 Å². The van der Waals surface area contributed by atoms with Crippen molar-refractivity contribution in [1.82, 2.24) is 0 Å². The predicted molar refractivity (Wildman–Crippen MR) is 50.2 cm³/mol. The van der Waals surface area contributed by atoms with E-state index in [0.717, 1.165) is 0 Å². The minimum atomic E-state index is -4.25. The van der Waals surface area contributed by atoms with Gasteiger partial charge in [-0.1, -0.05) is 0 Å². The van der Waals surface area contributed by atoms with E-state index in [-0.39, 0.29) is 18.6 Å². The van der Waals surface area contributed by atoms with E-state index in [2.05, 4.69) is 0 Å². The number of halogens is 1. The normalized spacial score (nSPS) is 11.2. The molecule has 0 atom stereocenters. The maximum Gasteiger partial charge on any atom is -0.147 e. The fraction of sp³-hybridized carbons (Fsp3) is 0.400. The summed E-state index contributed by atoms with van der Waals surface area (Å²) in [6.45, 7) is 1.25. The SMILES string of the molecule is CC[PH](C(=O)O)(C(=O)O)C(=O)O.Cl. The van der Waals surface area contributed by atoms with Crippen molar-refractivity contribution in [3.8, 4) is 0 Å². The van der Waals surface area contributed by atoms with E-state index < -0.39 is 24.4 Å². The summed E-state index contributed by atoms with van der Waals surface area (Å²) >= 11 is 0. The number of carboxylic acid groups (broad SMARTS) is 3. The van der Waals surface area contributed by atoms with Crippen LogP contribution in [0, 0.1) is 0 Å². The Balaban J connectivity index is 0. The molecule has 0 bridgehead atoms. The van der Waals surface area contributed by atoms with Crippen LogP contribution in [0.25, 0.3) is 0 Å². The zero-order valence-corrected chi connectivity index (χ0v) is 8.50. The Bertz CT molecular complexity index is 203. The Hall–Kier alpha value is -0.870. The third kappa shape index (κ3) is 2.29. The number of rotatable bonds is 4. The molecule has 8 heteroatoms. The number of hydrogen-bond donors (Lipinski definition) is 3. The van der Waals surface area contributed by atoms with Crippen LogP contribution in [-0.4, -0.2) is 38.6 Å². The molecular formula is C5H10ClO6P. The van der Waals surface area contributed by atoms with Gasteiger partial charge in [-0.15, -0.1) is 12.4 Å². The average Bonchev–Trinajstić information content (AvgIpc) is 1.86. The third-order valence-corrected chi connectivity index (χ3v) is 4.88. The van der Waals surface area contributed by atoms with Gasteiger partial charge in [0.1, 0.15) is 0 Å². The van der Waals surface area contributed by atoms with Crippen molar-refractivity contribution in [1.29, 1.82) is 0 Å². The van der Waals surface area contributed by atoms with E-state index in [9.17, 15) is 14.4 Å². The Kier molecular flexibility index (Phi) is 5.62. The Labute approximate surface area is 80.3 Å². The first-order valence-electron chi connectivity index (χ1n) is 3.09. The van der Waals surface area contributed by atoms with Crippen LogP contribution in [0.4, 0.5) is 14.4 Å². The second-order valence-corrected chi connectivity index (χ2v) is 5.98. The second kappa shape index (κ2) is 4.99. The average molecular weight is 233 g/mol. The van der Waals surface area contributed by atoms with Crippen LogP contribution in [0.2, 0.25) is 0 Å². The minimum Gasteiger partial charge on any atom is -0.147 e. The Morgan fingerprint density at radius 2 is 1.23 bits per heavy atom. The largest absolute Gasteiger partial charge is 0.147 e. The molecular weight excluding hydrogens is 222 g/mol. The molecule has 13 heavy (non-hydrogen) atoms. The van der Waals surface area contributed by atoms with Crippen molar-refractivity contribution >= 4 is 36.8 Å². The Morgan fingerprint density at radius 1 is 1.00 bits per heavy atom. The molecule has 0 heterocycles. The summed E-state index contributed by atoms with van der Waals surface area (Å²) in [4.78, 5) is 31.3. The smallest absolute Gasteiger partial charge is 0.147 e. The molecule has 0 rings (SSSR count). The summed E-state index contributed by atoms with van der Waals surface area (Å²) in [5, 5.41) is 25.4. The fourth-order valence-electron chi connectivity index (χ4n) is 0.728. The maximum absolute atomic E-state index is 10.4. The van der Waals surface area contributed by atoms with Gasteiger partial charge in [0.15, 0.2) is 0 Å². The van der Waals surface area contributed by atoms with Crippen LogP contribution in [-0.2, 0) is 0 Å². The Morgan fingerprint density at radius 3 is 1.23 bits per heavy atom. The molecule has 0 unspecified atom stereocenters. The van der Waals surface area contributed by atoms with Crippen molar-refractivity contribution < 1.29 is 29.7 Å². The summed E-state index contributed by atoms with van der Waals surface area (Å²) < 4.78 is 0. The quantitative estimate of drug-likeness (QED) is 0.641. The van der Waals surface area contributed by atoms with Gasteiger partial charge in [-0.2, -0.15) is 0 Å². The van der Waals surface area contributed by atoms with E-state index in [4.69, 9.17) is 15.3 Å². The van der Waals surface area contributed by atoms with E-state index >= 15 is 0 Å². The van der Waals surface area contributed by atoms with Crippen molar-refractivity contribution in [2.45, 2.75) is 6.92 Å². The van der Waals surface area contributed by atoms with Gasteiger partial charge in [0.2, 0.25) is 0 Å². The molecule has 3 N–H and O–H groups in total. The third-order valence-electron chi connectivity index (χ3n) is 1.63. The molecule has 78 valence electrons. The molecule has 0 radical (unpaired) electrons. The topological polar surface area (TPSA) is 112 Å². The first kappa shape index (κ1) is 14.6. The first-order valence-corrected chi connectivity index (χ1v) is 5.30. The van der Waals surface area contributed by atoms with E-state index in [1.54, 1.807) is 0 Å². The predicted octanol–water partition coefficient (Wildman–Crippen LogP) is 2.21. The van der Waals surface area contributed by atoms with Gasteiger partial charge in [-0.25, -0.2) is 0 Å². The maximum atomic E-state index is 10.4. The second-order valence-electron chi connectivity index (χ2n) is 2.17. The van der Waals surface area contributed by atoms with Gasteiger partial charge in [0.25, 0.3) is 0 Å². The van der Waals surface area contributed by atoms with Crippen LogP contribution in [0.1, 0.15) is 6.92 Å². The molecule has 0 amide bonds. The molecule has 6 nitrogen and oxygen atoms in total. The standard InChI is InChI=1S/C5H9O6P.ClH/c1-2-12(3(6)7,4(8)9)5(10)11;/h12H,2H2,1H3,(H,6,7)(H,8,9)(H,10,11);1H. The summed E-state index contributed by atoms with van der Waals surface area (Å²) in [5.41, 5.74) is -5.15. The molecule has 0 spiro atoms. The fourth-order valence-corrected chi connectivity index (χ4v) is 2.18. The zero-order valence-electron chi connectivity index (χ0n) is 6.68. The summed E-state index contributed by atoms with van der Waals surface area (Å²) in [6.07, 6.45) is -0.354. The molecule has 0 aromatic rings. The molecule has 0 aromatic heterocycles. The molecule has 0 aliphatic rings. The molecule has 0 aliphatic carbocycles. The van der Waals surface area contributed by atoms with E-state index in [0.29, 0.717) is 0 Å². The summed E-state index contributed by atoms with van der Waals surface area (Å²) in [7, 11) is -4.25. The van der Waals surface area contributed by atoms with Crippen LogP contribution < -0.4 is 0 Å². The number of hydrogen-bond acceptors (Lipinski definition) is 3. The van der Waals surface area contributed by atoms with Crippen LogP contribution >= 0.6 is 19.7 Å². The summed E-state index contributed by atoms with van der Waals surface area (Å²) in [6, 6.07) is 0. The monoisotopic (exact) mass is 232 g/mol. The van der Waals surface area contributed by atoms with Crippen molar-refractivity contribution in [3.63, 3.8) is 0 Å². The van der Waals surface area contributed by atoms with E-state index in [1.165, 1.54) is 6.92 Å². The van der Waals surface area contributed by atoms with Crippen molar-refractivity contribution in [2.24, 2.45) is 0 Å². The molecule has 0 aliphatic heterocycles. The minimum absolute atomic E-state index is 0. The molecule has 0 aromatic carbocycles. The molecule has 0 fully saturated rings. The first-order chi connectivity index (χ1) is 5.39. The zero-order chi connectivity index (χ0) is 9.94. The van der Waals surface area contributed by atoms with E-state index in [1.807, 2.05) is 0 Å². The van der Waals surface area contributed by atoms with Crippen LogP contribution in [0.3, 0.4) is 0 Å². The number of carbonyl (C=O) groups is 3. The van der Waals surface area contributed by atoms with Crippen molar-refractivity contribution in [2.75, 3.05) is 6.16 Å². The van der Waals surface area contributed by atoms with Gasteiger partial charge in [-0.3, -0.25) is 0 Å². The van der Waals surface area contributed by atoms with Crippen molar-refractivity contribution in [3.05, 3.63) is 0 Å². The van der Waals surface area contributed by atoms with Gasteiger partial charge in [0.05, 0.1) is 0 Å². The van der Waals surface area contributed by atoms with Gasteiger partial charge in [-0.05, 0) is 0 Å². The molecule has 0 saturated heterocycles. The molecule has 0 saturated carbocycles. The van der Waals surface area contributed by atoms with Crippen LogP contribution in [0.5, 0.6) is 0 Å². The summed E-state index contributed by atoms with van der Waals surface area (Å²) in [5.74, 6) is 0.